The highest BCUT2D eigenvalue weighted by Crippen LogP contribution is 2.27. The highest BCUT2D eigenvalue weighted by Gasteiger charge is 2.31. The molecule has 0 unspecified atom stereocenters. The summed E-state index contributed by atoms with van der Waals surface area (Å²) >= 11 is 0. The van der Waals surface area contributed by atoms with Gasteiger partial charge in [0.2, 0.25) is 0 Å². The van der Waals surface area contributed by atoms with Crippen molar-refractivity contribution in [1.82, 2.24) is 0 Å². The lowest BCUT2D eigenvalue weighted by atomic mass is 9.89. The van der Waals surface area contributed by atoms with Crippen molar-refractivity contribution in [3.63, 3.8) is 0 Å². The highest BCUT2D eigenvalue weighted by molar-refractivity contribution is 5.88. The van der Waals surface area contributed by atoms with Gasteiger partial charge in [0.25, 0.3) is 0 Å². The van der Waals surface area contributed by atoms with E-state index in [-0.39, 0.29) is 75.1 Å². The third kappa shape index (κ3) is 19.5. The van der Waals surface area contributed by atoms with E-state index in [1.54, 1.807) is 19.1 Å². The van der Waals surface area contributed by atoms with E-state index < -0.39 is 54.8 Å². The number of aliphatic hydroxyl groups is 8. The van der Waals surface area contributed by atoms with Crippen molar-refractivity contribution in [1.29, 1.82) is 0 Å². The number of carbonyl (C=O) groups excluding carboxylic acids is 1. The number of allylic oxidation sites excluding steroid dienone is 8. The smallest absolute Gasteiger partial charge is 0.334 e. The van der Waals surface area contributed by atoms with Crippen molar-refractivity contribution in [2.75, 3.05) is 0 Å². The lowest BCUT2D eigenvalue weighted by Crippen LogP contribution is -2.38. The minimum absolute atomic E-state index is 0.00370. The Labute approximate surface area is 304 Å². The van der Waals surface area contributed by atoms with Crippen molar-refractivity contribution in [3.05, 3.63) is 60.3 Å². The number of hydrogen-bond donors (Lipinski definition) is 8. The van der Waals surface area contributed by atoms with Gasteiger partial charge in [-0.2, -0.15) is 0 Å². The van der Waals surface area contributed by atoms with Gasteiger partial charge < -0.3 is 50.3 Å². The number of carbonyl (C=O) groups is 1. The molecular weight excluding hydrogens is 656 g/mol. The third-order valence-electron chi connectivity index (χ3n) is 9.54. The molecule has 12 atom stereocenters. The van der Waals surface area contributed by atoms with E-state index in [1.807, 2.05) is 63.3 Å². The molecular formula is C40H66O11. The minimum Gasteiger partial charge on any atom is -0.458 e. The van der Waals surface area contributed by atoms with Gasteiger partial charge in [0.05, 0.1) is 61.0 Å². The van der Waals surface area contributed by atoms with Gasteiger partial charge in [-0.1, -0.05) is 75.5 Å². The van der Waals surface area contributed by atoms with Gasteiger partial charge in [0.1, 0.15) is 6.10 Å². The summed E-state index contributed by atoms with van der Waals surface area (Å²) in [6.07, 6.45) is 10.2. The monoisotopic (exact) mass is 722 g/mol. The van der Waals surface area contributed by atoms with Crippen LogP contribution in [-0.2, 0) is 14.3 Å². The molecule has 0 spiro atoms. The zero-order valence-corrected chi connectivity index (χ0v) is 31.0. The van der Waals surface area contributed by atoms with Crippen LogP contribution in [0.5, 0.6) is 0 Å². The van der Waals surface area contributed by atoms with Crippen LogP contribution in [0.3, 0.4) is 0 Å². The van der Waals surface area contributed by atoms with Crippen molar-refractivity contribution < 1.29 is 55.1 Å². The second-order valence-corrected chi connectivity index (χ2v) is 15.1. The van der Waals surface area contributed by atoms with Crippen molar-refractivity contribution in [2.24, 2.45) is 11.8 Å². The number of fused-ring (bicyclic) bond motifs is 2. The molecule has 0 radical (unpaired) electrons. The Hall–Kier alpha value is -2.19. The number of ether oxygens (including phenoxy) is 2. The van der Waals surface area contributed by atoms with Crippen LogP contribution in [0, 0.1) is 11.8 Å². The summed E-state index contributed by atoms with van der Waals surface area (Å²) in [7, 11) is 0. The largest absolute Gasteiger partial charge is 0.458 e. The van der Waals surface area contributed by atoms with Crippen LogP contribution in [0.2, 0.25) is 0 Å². The number of rotatable bonds is 1. The molecule has 0 aromatic carbocycles. The molecule has 292 valence electrons. The number of esters is 1. The third-order valence-corrected chi connectivity index (χ3v) is 9.54. The molecule has 0 saturated carbocycles. The Morgan fingerprint density at radius 2 is 0.980 bits per heavy atom. The summed E-state index contributed by atoms with van der Waals surface area (Å²) in [6.45, 7) is 7.61. The predicted octanol–water partition coefficient (Wildman–Crippen LogP) is 3.71. The first-order valence-corrected chi connectivity index (χ1v) is 18.8. The van der Waals surface area contributed by atoms with Crippen LogP contribution in [-0.4, -0.2) is 114 Å². The van der Waals surface area contributed by atoms with Gasteiger partial charge in [-0.05, 0) is 95.8 Å². The lowest BCUT2D eigenvalue weighted by molar-refractivity contribution is -0.149. The lowest BCUT2D eigenvalue weighted by Gasteiger charge is -2.34. The van der Waals surface area contributed by atoms with E-state index in [9.17, 15) is 45.6 Å². The second kappa shape index (κ2) is 24.2. The van der Waals surface area contributed by atoms with Gasteiger partial charge in [0, 0.05) is 5.57 Å². The molecule has 2 aliphatic heterocycles. The Morgan fingerprint density at radius 1 is 0.569 bits per heavy atom. The summed E-state index contributed by atoms with van der Waals surface area (Å²) in [4.78, 5) is 12.8. The summed E-state index contributed by atoms with van der Waals surface area (Å²) in [5.41, 5.74) is 0.457. The van der Waals surface area contributed by atoms with E-state index in [2.05, 4.69) is 0 Å². The topological polar surface area (TPSA) is 197 Å². The highest BCUT2D eigenvalue weighted by atomic mass is 16.5. The standard InChI is InChI=1S/C40H66O11/c1-26(2)39-27(3)15-16-29(41)17-30(42)18-31(43)19-32(44)20-33(45)21-34(46)22-35(47)24-38-25-36(48)23-37(50-38)14-12-10-8-6-5-7-9-11-13-28(4)40(49)51-39/h5-13,26-27,29-39,41-48H,14-25H2,1-4H3/b7-5+,8-6+,11-9+,12-10+,28-13+/t27-,29-,30-,31-,32+,33+,34-,35+,36-,37+,38-,39-/m0/s1. The summed E-state index contributed by atoms with van der Waals surface area (Å²) in [6, 6.07) is 0. The van der Waals surface area contributed by atoms with Crippen LogP contribution in [0.1, 0.15) is 105 Å². The van der Waals surface area contributed by atoms with E-state index in [0.717, 1.165) is 0 Å². The molecule has 0 amide bonds. The molecule has 2 heterocycles. The van der Waals surface area contributed by atoms with E-state index in [1.165, 1.54) is 0 Å². The van der Waals surface area contributed by atoms with Crippen LogP contribution < -0.4 is 0 Å². The van der Waals surface area contributed by atoms with Gasteiger partial charge in [0.15, 0.2) is 0 Å². The van der Waals surface area contributed by atoms with E-state index in [4.69, 9.17) is 9.47 Å². The second-order valence-electron chi connectivity index (χ2n) is 15.1. The molecule has 1 saturated heterocycles. The Morgan fingerprint density at radius 3 is 1.49 bits per heavy atom. The zero-order chi connectivity index (χ0) is 37.9. The molecule has 2 aliphatic rings. The minimum atomic E-state index is -1.09. The quantitative estimate of drug-likeness (QED) is 0.184. The van der Waals surface area contributed by atoms with Crippen LogP contribution >= 0.6 is 0 Å². The summed E-state index contributed by atoms with van der Waals surface area (Å²) in [5.74, 6) is -0.420. The van der Waals surface area contributed by atoms with Crippen LogP contribution in [0.25, 0.3) is 0 Å². The molecule has 0 aromatic rings. The van der Waals surface area contributed by atoms with Gasteiger partial charge in [-0.15, -0.1) is 0 Å². The first-order chi connectivity index (χ1) is 24.1. The molecule has 2 bridgehead atoms. The first kappa shape index (κ1) is 45.0. The fourth-order valence-corrected chi connectivity index (χ4v) is 6.92. The fraction of sp³-hybridized carbons (Fsp3) is 0.725. The molecule has 11 nitrogen and oxygen atoms in total. The van der Waals surface area contributed by atoms with E-state index in [0.29, 0.717) is 37.7 Å². The van der Waals surface area contributed by atoms with Gasteiger partial charge in [-0.3, -0.25) is 0 Å². The molecule has 0 aromatic heterocycles. The SMILES string of the molecule is C\C1=C/C=C/C=C/C=C/C=C/C[C@@H]2C[C@H](O)C[C@H](C[C@H](O)C[C@@H](O)C[C@H](O)C[C@H](O)C[C@@H](O)C[C@@H](O)C[C@@H](O)CC[C@H](C)[C@H](C(C)C)OC1=O)O2. The molecule has 8 N–H and O–H groups in total. The summed E-state index contributed by atoms with van der Waals surface area (Å²) < 4.78 is 12.0. The average Bonchev–Trinajstić information content (AvgIpc) is 3.01. The van der Waals surface area contributed by atoms with Crippen LogP contribution in [0.15, 0.2) is 60.3 Å². The van der Waals surface area contributed by atoms with Crippen molar-refractivity contribution in [2.45, 2.75) is 172 Å². The van der Waals surface area contributed by atoms with Crippen molar-refractivity contribution >= 4 is 5.97 Å². The summed E-state index contributed by atoms with van der Waals surface area (Å²) in [5, 5.41) is 84.0. The number of aliphatic hydroxyl groups excluding tert-OH is 8. The maximum Gasteiger partial charge on any atom is 0.334 e. The van der Waals surface area contributed by atoms with Crippen molar-refractivity contribution in [3.8, 4) is 0 Å². The zero-order valence-electron chi connectivity index (χ0n) is 31.0. The maximum absolute atomic E-state index is 12.8. The Kier molecular flexibility index (Phi) is 21.3. The Balaban J connectivity index is 2.09. The Bertz CT molecular complexity index is 1130. The fourth-order valence-electron chi connectivity index (χ4n) is 6.92. The van der Waals surface area contributed by atoms with E-state index >= 15 is 0 Å². The molecule has 0 aliphatic carbocycles. The molecule has 1 fully saturated rings. The molecule has 11 heteroatoms. The van der Waals surface area contributed by atoms with Gasteiger partial charge >= 0.3 is 5.97 Å². The first-order valence-electron chi connectivity index (χ1n) is 18.8. The maximum atomic E-state index is 12.8. The number of hydrogen-bond acceptors (Lipinski definition) is 11. The van der Waals surface area contributed by atoms with Gasteiger partial charge in [-0.25, -0.2) is 4.79 Å². The normalized spacial score (nSPS) is 40.9. The van der Waals surface area contributed by atoms with Crippen LogP contribution in [0.4, 0.5) is 0 Å². The molecule has 51 heavy (non-hydrogen) atoms. The average molecular weight is 723 g/mol. The predicted molar refractivity (Wildman–Crippen MR) is 196 cm³/mol. The number of cyclic esters (lactones) is 1. The molecule has 2 rings (SSSR count).